The molecular formula is C10H11N3. The molecule has 2 aromatic rings. The number of rotatable bonds is 0. The molecule has 0 bridgehead atoms. The Hall–Kier alpha value is -1.64. The van der Waals surface area contributed by atoms with Crippen molar-refractivity contribution in [3.63, 3.8) is 0 Å². The summed E-state index contributed by atoms with van der Waals surface area (Å²) < 4.78 is 0. The Bertz CT molecular complexity index is 463. The highest BCUT2D eigenvalue weighted by Gasteiger charge is 2.00. The molecule has 3 nitrogen and oxygen atoms in total. The molecule has 0 atom stereocenters. The number of anilines is 1. The Balaban J connectivity index is 2.81. The summed E-state index contributed by atoms with van der Waals surface area (Å²) in [6.45, 7) is 3.90. The number of aromatic nitrogens is 2. The lowest BCUT2D eigenvalue weighted by molar-refractivity contribution is 1.18. The van der Waals surface area contributed by atoms with E-state index >= 15 is 0 Å². The van der Waals surface area contributed by atoms with Crippen molar-refractivity contribution in [1.29, 1.82) is 0 Å². The topological polar surface area (TPSA) is 51.8 Å². The van der Waals surface area contributed by atoms with Crippen LogP contribution in [0.4, 0.5) is 5.69 Å². The van der Waals surface area contributed by atoms with E-state index in [9.17, 15) is 0 Å². The maximum Gasteiger partial charge on any atom is 0.0907 e. The lowest BCUT2D eigenvalue weighted by atomic mass is 10.2. The molecule has 2 rings (SSSR count). The number of hydrogen-bond donors (Lipinski definition) is 1. The van der Waals surface area contributed by atoms with Gasteiger partial charge in [0.25, 0.3) is 0 Å². The molecule has 0 fully saturated rings. The molecule has 0 aliphatic heterocycles. The van der Waals surface area contributed by atoms with Gasteiger partial charge in [-0.1, -0.05) is 0 Å². The molecule has 1 heterocycles. The van der Waals surface area contributed by atoms with Gasteiger partial charge in [0.2, 0.25) is 0 Å². The third-order valence-electron chi connectivity index (χ3n) is 2.05. The summed E-state index contributed by atoms with van der Waals surface area (Å²) in [5.74, 6) is 0. The van der Waals surface area contributed by atoms with Crippen LogP contribution < -0.4 is 5.73 Å². The van der Waals surface area contributed by atoms with Crippen molar-refractivity contribution in [2.45, 2.75) is 13.8 Å². The van der Waals surface area contributed by atoms with Crippen LogP contribution in [0.1, 0.15) is 11.3 Å². The Labute approximate surface area is 76.6 Å². The van der Waals surface area contributed by atoms with Gasteiger partial charge in [0.15, 0.2) is 0 Å². The first-order valence-corrected chi connectivity index (χ1v) is 4.16. The molecule has 0 spiro atoms. The number of benzene rings is 1. The number of fused-ring (bicyclic) bond motifs is 1. The predicted octanol–water partition coefficient (Wildman–Crippen LogP) is 1.83. The Morgan fingerprint density at radius 1 is 1.15 bits per heavy atom. The first kappa shape index (κ1) is 7.98. The van der Waals surface area contributed by atoms with Gasteiger partial charge in [0.05, 0.1) is 16.7 Å². The fourth-order valence-corrected chi connectivity index (χ4v) is 1.27. The van der Waals surface area contributed by atoms with Crippen LogP contribution in [0.3, 0.4) is 0 Å². The van der Waals surface area contributed by atoms with E-state index in [0.717, 1.165) is 28.0 Å². The van der Waals surface area contributed by atoms with Crippen LogP contribution in [0.25, 0.3) is 11.0 Å². The third kappa shape index (κ3) is 1.33. The summed E-state index contributed by atoms with van der Waals surface area (Å²) in [6.07, 6.45) is 1.75. The van der Waals surface area contributed by atoms with Crippen LogP contribution in [-0.4, -0.2) is 9.97 Å². The van der Waals surface area contributed by atoms with Gasteiger partial charge in [-0.25, -0.2) is 4.98 Å². The molecule has 0 aliphatic carbocycles. The maximum absolute atomic E-state index is 5.76. The van der Waals surface area contributed by atoms with Crippen LogP contribution >= 0.6 is 0 Å². The van der Waals surface area contributed by atoms with Crippen LogP contribution in [0.15, 0.2) is 18.3 Å². The van der Waals surface area contributed by atoms with Crippen molar-refractivity contribution < 1.29 is 0 Å². The molecule has 0 saturated heterocycles. The molecule has 66 valence electrons. The van der Waals surface area contributed by atoms with Crippen molar-refractivity contribution >= 4 is 16.7 Å². The number of nitrogen functional groups attached to an aromatic ring is 1. The molecule has 0 radical (unpaired) electrons. The molecule has 0 aliphatic rings. The molecule has 2 N–H and O–H groups in total. The van der Waals surface area contributed by atoms with Crippen LogP contribution in [-0.2, 0) is 0 Å². The highest BCUT2D eigenvalue weighted by Crippen LogP contribution is 2.17. The van der Waals surface area contributed by atoms with Crippen molar-refractivity contribution in [2.24, 2.45) is 0 Å². The van der Waals surface area contributed by atoms with E-state index in [4.69, 9.17) is 5.73 Å². The summed E-state index contributed by atoms with van der Waals surface area (Å²) in [4.78, 5) is 8.60. The molecule has 3 heteroatoms. The highest BCUT2D eigenvalue weighted by molar-refractivity contribution is 5.79. The molecular weight excluding hydrogens is 162 g/mol. The molecule has 1 aromatic carbocycles. The molecule has 0 saturated carbocycles. The molecule has 0 amide bonds. The van der Waals surface area contributed by atoms with Gasteiger partial charge < -0.3 is 5.73 Å². The second-order valence-electron chi connectivity index (χ2n) is 3.21. The van der Waals surface area contributed by atoms with E-state index in [0.29, 0.717) is 0 Å². The second-order valence-corrected chi connectivity index (χ2v) is 3.21. The predicted molar refractivity (Wildman–Crippen MR) is 53.4 cm³/mol. The maximum atomic E-state index is 5.76. The number of hydrogen-bond acceptors (Lipinski definition) is 3. The van der Waals surface area contributed by atoms with Crippen molar-refractivity contribution in [1.82, 2.24) is 9.97 Å². The Morgan fingerprint density at radius 2 is 1.92 bits per heavy atom. The summed E-state index contributed by atoms with van der Waals surface area (Å²) in [6, 6.07) is 3.82. The first-order chi connectivity index (χ1) is 6.16. The lowest BCUT2D eigenvalue weighted by Crippen LogP contribution is -1.93. The Kier molecular flexibility index (Phi) is 1.65. The largest absolute Gasteiger partial charge is 0.398 e. The minimum absolute atomic E-state index is 0.769. The van der Waals surface area contributed by atoms with Gasteiger partial charge >= 0.3 is 0 Å². The average Bonchev–Trinajstić information content (AvgIpc) is 2.08. The summed E-state index contributed by atoms with van der Waals surface area (Å²) in [7, 11) is 0. The minimum Gasteiger partial charge on any atom is -0.398 e. The Morgan fingerprint density at radius 3 is 2.69 bits per heavy atom. The van der Waals surface area contributed by atoms with E-state index in [2.05, 4.69) is 9.97 Å². The highest BCUT2D eigenvalue weighted by atomic mass is 14.8. The van der Waals surface area contributed by atoms with Crippen molar-refractivity contribution in [2.75, 3.05) is 5.73 Å². The molecule has 13 heavy (non-hydrogen) atoms. The fourth-order valence-electron chi connectivity index (χ4n) is 1.27. The summed E-state index contributed by atoms with van der Waals surface area (Å²) in [5.41, 5.74) is 10.3. The summed E-state index contributed by atoms with van der Waals surface area (Å²) in [5, 5.41) is 0. The SMILES string of the molecule is Cc1cnc2cc(N)c(C)cc2n1. The number of nitrogens with zero attached hydrogens (tertiary/aromatic N) is 2. The van der Waals surface area contributed by atoms with Gasteiger partial charge in [0.1, 0.15) is 0 Å². The zero-order valence-electron chi connectivity index (χ0n) is 7.70. The van der Waals surface area contributed by atoms with E-state index in [1.54, 1.807) is 6.20 Å². The van der Waals surface area contributed by atoms with E-state index < -0.39 is 0 Å². The number of nitrogens with two attached hydrogens (primary N) is 1. The van der Waals surface area contributed by atoms with Crippen molar-refractivity contribution in [3.8, 4) is 0 Å². The van der Waals surface area contributed by atoms with Gasteiger partial charge in [-0.15, -0.1) is 0 Å². The van der Waals surface area contributed by atoms with E-state index in [1.807, 2.05) is 26.0 Å². The zero-order valence-corrected chi connectivity index (χ0v) is 7.70. The van der Waals surface area contributed by atoms with E-state index in [-0.39, 0.29) is 0 Å². The van der Waals surface area contributed by atoms with Crippen molar-refractivity contribution in [3.05, 3.63) is 29.6 Å². The molecule has 1 aromatic heterocycles. The monoisotopic (exact) mass is 173 g/mol. The minimum atomic E-state index is 0.769. The zero-order chi connectivity index (χ0) is 9.42. The normalized spacial score (nSPS) is 10.6. The van der Waals surface area contributed by atoms with Crippen LogP contribution in [0, 0.1) is 13.8 Å². The lowest BCUT2D eigenvalue weighted by Gasteiger charge is -2.02. The summed E-state index contributed by atoms with van der Waals surface area (Å²) >= 11 is 0. The smallest absolute Gasteiger partial charge is 0.0907 e. The number of aryl methyl sites for hydroxylation is 2. The fraction of sp³-hybridized carbons (Fsp3) is 0.200. The van der Waals surface area contributed by atoms with E-state index in [1.165, 1.54) is 0 Å². The van der Waals surface area contributed by atoms with Crippen LogP contribution in [0.5, 0.6) is 0 Å². The van der Waals surface area contributed by atoms with Gasteiger partial charge in [-0.05, 0) is 31.5 Å². The molecule has 0 unspecified atom stereocenters. The van der Waals surface area contributed by atoms with Gasteiger partial charge in [-0.3, -0.25) is 4.98 Å². The average molecular weight is 173 g/mol. The van der Waals surface area contributed by atoms with Crippen LogP contribution in [0.2, 0.25) is 0 Å². The second kappa shape index (κ2) is 2.69. The standard InChI is InChI=1S/C10H11N3/c1-6-3-10-9(4-8(6)11)12-5-7(2)13-10/h3-5H,11H2,1-2H3. The van der Waals surface area contributed by atoms with Gasteiger partial charge in [0, 0.05) is 11.9 Å². The van der Waals surface area contributed by atoms with Gasteiger partial charge in [-0.2, -0.15) is 0 Å². The third-order valence-corrected chi connectivity index (χ3v) is 2.05. The first-order valence-electron chi connectivity index (χ1n) is 4.16. The quantitative estimate of drug-likeness (QED) is 0.618.